The second-order valence-electron chi connectivity index (χ2n) is 4.79. The first-order valence-electron chi connectivity index (χ1n) is 6.37. The first-order valence-corrected chi connectivity index (χ1v) is 6.37. The van der Waals surface area contributed by atoms with Crippen LogP contribution in [0, 0.1) is 13.8 Å². The summed E-state index contributed by atoms with van der Waals surface area (Å²) in [5.74, 6) is 0. The van der Waals surface area contributed by atoms with E-state index in [0.29, 0.717) is 13.2 Å². The van der Waals surface area contributed by atoms with Crippen LogP contribution in [0.1, 0.15) is 24.0 Å². The van der Waals surface area contributed by atoms with E-state index in [1.165, 1.54) is 0 Å². The Bertz CT molecular complexity index is 443. The van der Waals surface area contributed by atoms with Crippen molar-refractivity contribution in [2.24, 2.45) is 5.73 Å². The predicted molar refractivity (Wildman–Crippen MR) is 71.8 cm³/mol. The van der Waals surface area contributed by atoms with Crippen LogP contribution in [0.25, 0.3) is 0 Å². The van der Waals surface area contributed by atoms with Crippen molar-refractivity contribution in [2.45, 2.75) is 32.7 Å². The molecule has 1 amide bonds. The van der Waals surface area contributed by atoms with Crippen LogP contribution >= 0.6 is 0 Å². The lowest BCUT2D eigenvalue weighted by molar-refractivity contribution is 0.128. The predicted octanol–water partition coefficient (Wildman–Crippen LogP) is 2.37. The van der Waals surface area contributed by atoms with Crippen LogP contribution < -0.4 is 10.6 Å². The molecule has 2 N–H and O–H groups in total. The molecule has 1 unspecified atom stereocenters. The lowest BCUT2D eigenvalue weighted by Gasteiger charge is -2.35. The zero-order chi connectivity index (χ0) is 13.1. The van der Waals surface area contributed by atoms with Crippen LogP contribution in [-0.2, 0) is 4.74 Å². The molecule has 0 aromatic heterocycles. The molecule has 0 saturated carbocycles. The maximum atomic E-state index is 12.0. The van der Waals surface area contributed by atoms with Crippen molar-refractivity contribution in [2.75, 3.05) is 18.1 Å². The lowest BCUT2D eigenvalue weighted by atomic mass is 10.0. The van der Waals surface area contributed by atoms with Gasteiger partial charge < -0.3 is 10.5 Å². The zero-order valence-electron chi connectivity index (χ0n) is 11.0. The summed E-state index contributed by atoms with van der Waals surface area (Å²) in [7, 11) is 0. The van der Waals surface area contributed by atoms with E-state index in [2.05, 4.69) is 0 Å². The van der Waals surface area contributed by atoms with Crippen LogP contribution in [0.5, 0.6) is 0 Å². The van der Waals surface area contributed by atoms with Crippen LogP contribution in [0.15, 0.2) is 18.2 Å². The molecule has 0 bridgehead atoms. The number of anilines is 1. The number of hydrogen-bond acceptors (Lipinski definition) is 3. The number of amides is 1. The quantitative estimate of drug-likeness (QED) is 0.893. The number of aryl methyl sites for hydroxylation is 2. The van der Waals surface area contributed by atoms with E-state index in [-0.39, 0.29) is 12.1 Å². The lowest BCUT2D eigenvalue weighted by Crippen LogP contribution is -2.47. The van der Waals surface area contributed by atoms with Gasteiger partial charge in [-0.15, -0.1) is 0 Å². The summed E-state index contributed by atoms with van der Waals surface area (Å²) in [6.07, 6.45) is 1.40. The van der Waals surface area contributed by atoms with Crippen LogP contribution in [-0.4, -0.2) is 25.3 Å². The van der Waals surface area contributed by atoms with Gasteiger partial charge in [-0.05, 0) is 44.0 Å². The molecule has 4 nitrogen and oxygen atoms in total. The molecule has 1 heterocycles. The van der Waals surface area contributed by atoms with Crippen LogP contribution in [0.2, 0.25) is 0 Å². The van der Waals surface area contributed by atoms with Crippen molar-refractivity contribution < 1.29 is 9.53 Å². The van der Waals surface area contributed by atoms with E-state index < -0.39 is 0 Å². The molecule has 1 fully saturated rings. The number of hydrogen-bond donors (Lipinski definition) is 1. The molecule has 2 rings (SSSR count). The van der Waals surface area contributed by atoms with E-state index in [0.717, 1.165) is 29.7 Å². The number of carbonyl (C=O) groups is 1. The second kappa shape index (κ2) is 5.40. The third kappa shape index (κ3) is 2.48. The average molecular weight is 248 g/mol. The molecule has 1 aromatic carbocycles. The maximum Gasteiger partial charge on any atom is 0.414 e. The average Bonchev–Trinajstić information content (AvgIpc) is 2.34. The normalized spacial score (nSPS) is 19.8. The topological polar surface area (TPSA) is 55.6 Å². The van der Waals surface area contributed by atoms with Crippen LogP contribution in [0.3, 0.4) is 0 Å². The van der Waals surface area contributed by atoms with Gasteiger partial charge in [0.2, 0.25) is 0 Å². The summed E-state index contributed by atoms with van der Waals surface area (Å²) >= 11 is 0. The van der Waals surface area contributed by atoms with Crippen LogP contribution in [0.4, 0.5) is 10.5 Å². The van der Waals surface area contributed by atoms with Gasteiger partial charge in [-0.25, -0.2) is 4.79 Å². The fourth-order valence-electron chi connectivity index (χ4n) is 2.37. The highest BCUT2D eigenvalue weighted by Crippen LogP contribution is 2.28. The molecule has 4 heteroatoms. The summed E-state index contributed by atoms with van der Waals surface area (Å²) in [5.41, 5.74) is 8.80. The number of nitrogens with two attached hydrogens (primary N) is 1. The Morgan fingerprint density at radius 1 is 1.44 bits per heavy atom. The van der Waals surface area contributed by atoms with Crippen molar-refractivity contribution in [3.05, 3.63) is 29.3 Å². The standard InChI is InChI=1S/C14H20N2O2/c1-10-3-4-11(2)13(9-10)16-12(5-7-15)6-8-18-14(16)17/h3-4,9,12H,5-8,15H2,1-2H3. The van der Waals surface area contributed by atoms with E-state index in [9.17, 15) is 4.79 Å². The first kappa shape index (κ1) is 12.9. The Balaban J connectivity index is 2.36. The zero-order valence-corrected chi connectivity index (χ0v) is 11.0. The Hall–Kier alpha value is -1.55. The van der Waals surface area contributed by atoms with Gasteiger partial charge >= 0.3 is 6.09 Å². The van der Waals surface area contributed by atoms with Gasteiger partial charge in [0.15, 0.2) is 0 Å². The number of ether oxygens (including phenoxy) is 1. The van der Waals surface area contributed by atoms with E-state index in [1.807, 2.05) is 32.0 Å². The number of rotatable bonds is 3. The molecule has 1 aliphatic rings. The van der Waals surface area contributed by atoms with E-state index in [1.54, 1.807) is 4.90 Å². The largest absolute Gasteiger partial charge is 0.449 e. The highest BCUT2D eigenvalue weighted by molar-refractivity contribution is 5.90. The molecule has 18 heavy (non-hydrogen) atoms. The summed E-state index contributed by atoms with van der Waals surface area (Å²) < 4.78 is 5.16. The van der Waals surface area contributed by atoms with Gasteiger partial charge in [0, 0.05) is 12.5 Å². The molecule has 0 spiro atoms. The number of nitrogens with zero attached hydrogens (tertiary/aromatic N) is 1. The molecule has 0 radical (unpaired) electrons. The summed E-state index contributed by atoms with van der Waals surface area (Å²) in [5, 5.41) is 0. The van der Waals surface area contributed by atoms with Crippen molar-refractivity contribution in [1.29, 1.82) is 0 Å². The molecule has 1 atom stereocenters. The van der Waals surface area contributed by atoms with Gasteiger partial charge in [0.05, 0.1) is 12.3 Å². The number of benzene rings is 1. The number of carbonyl (C=O) groups excluding carboxylic acids is 1. The third-order valence-electron chi connectivity index (χ3n) is 3.36. The van der Waals surface area contributed by atoms with E-state index >= 15 is 0 Å². The smallest absolute Gasteiger partial charge is 0.414 e. The van der Waals surface area contributed by atoms with Crippen molar-refractivity contribution in [3.63, 3.8) is 0 Å². The molecule has 1 aliphatic heterocycles. The fraction of sp³-hybridized carbons (Fsp3) is 0.500. The van der Waals surface area contributed by atoms with Gasteiger partial charge in [-0.1, -0.05) is 12.1 Å². The minimum atomic E-state index is -0.256. The van der Waals surface area contributed by atoms with Gasteiger partial charge in [0.1, 0.15) is 0 Å². The molecule has 1 saturated heterocycles. The van der Waals surface area contributed by atoms with Gasteiger partial charge in [-0.3, -0.25) is 4.90 Å². The minimum Gasteiger partial charge on any atom is -0.449 e. The monoisotopic (exact) mass is 248 g/mol. The Morgan fingerprint density at radius 3 is 2.94 bits per heavy atom. The summed E-state index contributed by atoms with van der Waals surface area (Å²) in [6.45, 7) is 5.11. The van der Waals surface area contributed by atoms with Crippen molar-refractivity contribution in [1.82, 2.24) is 0 Å². The highest BCUT2D eigenvalue weighted by atomic mass is 16.6. The van der Waals surface area contributed by atoms with Crippen molar-refractivity contribution in [3.8, 4) is 0 Å². The highest BCUT2D eigenvalue weighted by Gasteiger charge is 2.31. The Kier molecular flexibility index (Phi) is 3.87. The van der Waals surface area contributed by atoms with Crippen molar-refractivity contribution >= 4 is 11.8 Å². The first-order chi connectivity index (χ1) is 8.63. The number of cyclic esters (lactones) is 1. The Morgan fingerprint density at radius 2 is 2.22 bits per heavy atom. The Labute approximate surface area is 108 Å². The van der Waals surface area contributed by atoms with E-state index in [4.69, 9.17) is 10.5 Å². The summed E-state index contributed by atoms with van der Waals surface area (Å²) in [6, 6.07) is 6.26. The molecular formula is C14H20N2O2. The van der Waals surface area contributed by atoms with Gasteiger partial charge in [0.25, 0.3) is 0 Å². The maximum absolute atomic E-state index is 12.0. The second-order valence-corrected chi connectivity index (χ2v) is 4.79. The molecule has 0 aliphatic carbocycles. The molecule has 1 aromatic rings. The SMILES string of the molecule is Cc1ccc(C)c(N2C(=O)OCCC2CCN)c1. The summed E-state index contributed by atoms with van der Waals surface area (Å²) in [4.78, 5) is 13.8. The fourth-order valence-corrected chi connectivity index (χ4v) is 2.37. The molecule has 98 valence electrons. The van der Waals surface area contributed by atoms with Gasteiger partial charge in [-0.2, -0.15) is 0 Å². The minimum absolute atomic E-state index is 0.150. The third-order valence-corrected chi connectivity index (χ3v) is 3.36. The molecular weight excluding hydrogens is 228 g/mol.